The zero-order chi connectivity index (χ0) is 43.5. The van der Waals surface area contributed by atoms with Crippen molar-refractivity contribution in [1.82, 2.24) is 10.6 Å². The van der Waals surface area contributed by atoms with Crippen LogP contribution in [0.5, 0.6) is 0 Å². The van der Waals surface area contributed by atoms with Gasteiger partial charge in [0.1, 0.15) is 0 Å². The van der Waals surface area contributed by atoms with Crippen LogP contribution in [0.15, 0.2) is 157 Å². The number of nitrogens with one attached hydrogen (secondary N) is 2. The van der Waals surface area contributed by atoms with Gasteiger partial charge in [-0.3, -0.25) is 14.4 Å². The smallest absolute Gasteiger partial charge is 0.193 e. The van der Waals surface area contributed by atoms with E-state index in [1.54, 1.807) is 0 Å². The van der Waals surface area contributed by atoms with Gasteiger partial charge < -0.3 is 10.6 Å². The highest BCUT2D eigenvalue weighted by molar-refractivity contribution is 6.21. The first kappa shape index (κ1) is 42.7. The molecule has 6 atom stereocenters. The van der Waals surface area contributed by atoms with Crippen LogP contribution in [0.1, 0.15) is 109 Å². The number of carbonyl (C=O) groups excluding carboxylic acids is 3. The third-order valence-corrected chi connectivity index (χ3v) is 16.4. The second-order valence-electron chi connectivity index (χ2n) is 19.8. The Balaban J connectivity index is 1.28. The van der Waals surface area contributed by atoms with Gasteiger partial charge in [0.25, 0.3) is 0 Å². The van der Waals surface area contributed by atoms with Crippen molar-refractivity contribution in [3.8, 4) is 0 Å². The highest BCUT2D eigenvalue weighted by atomic mass is 16.1. The van der Waals surface area contributed by atoms with Crippen molar-refractivity contribution in [1.29, 1.82) is 0 Å². The molecule has 4 fully saturated rings. The van der Waals surface area contributed by atoms with Crippen molar-refractivity contribution < 1.29 is 14.4 Å². The molecule has 64 heavy (non-hydrogen) atoms. The third-order valence-electron chi connectivity index (χ3n) is 16.4. The molecule has 4 aliphatic carbocycles. The van der Waals surface area contributed by atoms with Gasteiger partial charge in [-0.25, -0.2) is 0 Å². The number of rotatable bonds is 12. The number of allylic oxidation sites excluding steroid dienone is 8. The first-order valence-corrected chi connectivity index (χ1v) is 24.7. The van der Waals surface area contributed by atoms with Crippen LogP contribution in [0, 0.1) is 46.3 Å². The average molecular weight is 849 g/mol. The second-order valence-corrected chi connectivity index (χ2v) is 19.8. The maximum absolute atomic E-state index is 18.0. The summed E-state index contributed by atoms with van der Waals surface area (Å²) in [5.41, 5.74) is 4.54. The molecule has 10 rings (SSSR count). The van der Waals surface area contributed by atoms with E-state index < -0.39 is 10.8 Å². The van der Waals surface area contributed by atoms with Gasteiger partial charge in [0.15, 0.2) is 17.3 Å². The Hall–Kier alpha value is -5.23. The predicted octanol–water partition coefficient (Wildman–Crippen LogP) is 12.0. The van der Waals surface area contributed by atoms with Crippen molar-refractivity contribution in [3.05, 3.63) is 179 Å². The molecule has 6 aliphatic rings. The Bertz CT molecular complexity index is 2260. The van der Waals surface area contributed by atoms with Gasteiger partial charge in [-0.05, 0) is 135 Å². The highest BCUT2D eigenvalue weighted by Gasteiger charge is 2.64. The average Bonchev–Trinajstić information content (AvgIpc) is 4.14. The van der Waals surface area contributed by atoms with Gasteiger partial charge in [-0.1, -0.05) is 171 Å². The topological polar surface area (TPSA) is 75.3 Å². The molecule has 0 aromatic heterocycles. The summed E-state index contributed by atoms with van der Waals surface area (Å²) in [5.74, 6) is 0.460. The number of carbonyl (C=O) groups is 3. The molecule has 2 saturated heterocycles. The monoisotopic (exact) mass is 848 g/mol. The standard InChI is InChI=1S/C59H64N2O3/c62-55(43-23-9-3-10-24-43)51-37-58(47-29-13-14-30-47,53(45-27-17-33-60-39-45)35-49(51)41-19-5-1-6-20-41)57(64)59(48-31-15-16-32-48)38-52(56(63)44-25-11-4-12-26-44)50(42-21-7-2-8-22-42)36-54(59)46-28-18-34-61-40-46/h1-12,19-26,35-38,45-48,53-54,60-61H,13-18,27-34,39-40H2. The van der Waals surface area contributed by atoms with Crippen LogP contribution in [0.2, 0.25) is 0 Å². The summed E-state index contributed by atoms with van der Waals surface area (Å²) in [6.07, 6.45) is 21.6. The van der Waals surface area contributed by atoms with E-state index in [0.717, 1.165) is 126 Å². The predicted molar refractivity (Wildman–Crippen MR) is 259 cm³/mol. The molecule has 2 saturated carbocycles. The summed E-state index contributed by atoms with van der Waals surface area (Å²) in [4.78, 5) is 48.8. The number of hydrogen-bond acceptors (Lipinski definition) is 5. The zero-order valence-electron chi connectivity index (χ0n) is 37.4. The molecular formula is C59H64N2O3. The minimum atomic E-state index is -0.976. The molecule has 0 amide bonds. The molecule has 5 nitrogen and oxygen atoms in total. The van der Waals surface area contributed by atoms with Crippen LogP contribution in [0.25, 0.3) is 11.1 Å². The lowest BCUT2D eigenvalue weighted by molar-refractivity contribution is -0.147. The Labute approximate surface area is 380 Å². The van der Waals surface area contributed by atoms with Gasteiger partial charge >= 0.3 is 0 Å². The van der Waals surface area contributed by atoms with E-state index >= 15 is 14.4 Å². The SMILES string of the molecule is O=C(C1=CC(C(=O)C2(C3CCCC3)C=C(C(=O)c3ccccc3)C(c3ccccc3)=CC2C2CCCNC2)(C2CCCC2)C(C2CCCNC2)C=C1c1ccccc1)c1ccccc1. The van der Waals surface area contributed by atoms with Gasteiger partial charge in [0, 0.05) is 22.3 Å². The number of hydrogen-bond donors (Lipinski definition) is 2. The fourth-order valence-electron chi connectivity index (χ4n) is 13.4. The number of Topliss-reactive ketones (excluding diaryl/α,β-unsaturated/α-hetero) is 3. The van der Waals surface area contributed by atoms with E-state index in [-0.39, 0.29) is 52.9 Å². The molecule has 0 radical (unpaired) electrons. The minimum absolute atomic E-state index is 0.0283. The summed E-state index contributed by atoms with van der Waals surface area (Å²) >= 11 is 0. The Morgan fingerprint density at radius 3 is 1.14 bits per heavy atom. The van der Waals surface area contributed by atoms with E-state index in [1.165, 1.54) is 0 Å². The van der Waals surface area contributed by atoms with Gasteiger partial charge in [0.2, 0.25) is 0 Å². The quantitative estimate of drug-likeness (QED) is 0.139. The van der Waals surface area contributed by atoms with E-state index in [0.29, 0.717) is 22.3 Å². The number of ketones is 3. The Morgan fingerprint density at radius 1 is 0.438 bits per heavy atom. The molecule has 4 aromatic carbocycles. The third kappa shape index (κ3) is 7.77. The first-order valence-electron chi connectivity index (χ1n) is 24.7. The fraction of sp³-hybridized carbons (Fsp3) is 0.407. The van der Waals surface area contributed by atoms with E-state index in [1.807, 2.05) is 72.8 Å². The van der Waals surface area contributed by atoms with Crippen molar-refractivity contribution in [2.45, 2.75) is 77.0 Å². The fourth-order valence-corrected chi connectivity index (χ4v) is 13.4. The van der Waals surface area contributed by atoms with Gasteiger partial charge in [0.05, 0.1) is 10.8 Å². The molecular weight excluding hydrogens is 785 g/mol. The summed E-state index contributed by atoms with van der Waals surface area (Å²) < 4.78 is 0. The molecule has 2 heterocycles. The lowest BCUT2D eigenvalue weighted by atomic mass is 9.45. The first-order chi connectivity index (χ1) is 31.5. The van der Waals surface area contributed by atoms with Gasteiger partial charge in [-0.15, -0.1) is 0 Å². The Kier molecular flexibility index (Phi) is 12.5. The molecule has 328 valence electrons. The molecule has 2 N–H and O–H groups in total. The van der Waals surface area contributed by atoms with Gasteiger partial charge in [-0.2, -0.15) is 0 Å². The molecule has 4 aromatic rings. The Morgan fingerprint density at radius 2 is 0.797 bits per heavy atom. The highest BCUT2D eigenvalue weighted by Crippen LogP contribution is 2.64. The van der Waals surface area contributed by atoms with Crippen molar-refractivity contribution in [3.63, 3.8) is 0 Å². The molecule has 5 heteroatoms. The van der Waals surface area contributed by atoms with Crippen LogP contribution < -0.4 is 10.6 Å². The summed E-state index contributed by atoms with van der Waals surface area (Å²) in [6.45, 7) is 3.61. The summed E-state index contributed by atoms with van der Waals surface area (Å²) in [7, 11) is 0. The van der Waals surface area contributed by atoms with Crippen LogP contribution in [0.3, 0.4) is 0 Å². The second kappa shape index (κ2) is 18.7. The normalized spacial score (nSPS) is 29.0. The number of benzene rings is 4. The summed E-state index contributed by atoms with van der Waals surface area (Å²) in [6, 6.07) is 40.3. The number of piperidine rings is 2. The van der Waals surface area contributed by atoms with Crippen molar-refractivity contribution >= 4 is 28.5 Å². The van der Waals surface area contributed by atoms with Crippen LogP contribution >= 0.6 is 0 Å². The molecule has 6 unspecified atom stereocenters. The lowest BCUT2D eigenvalue weighted by Gasteiger charge is -2.56. The lowest BCUT2D eigenvalue weighted by Crippen LogP contribution is -2.59. The van der Waals surface area contributed by atoms with Crippen LogP contribution in [-0.2, 0) is 4.79 Å². The van der Waals surface area contributed by atoms with E-state index in [2.05, 4.69) is 83.5 Å². The zero-order valence-corrected chi connectivity index (χ0v) is 37.4. The van der Waals surface area contributed by atoms with Crippen molar-refractivity contribution in [2.75, 3.05) is 26.2 Å². The van der Waals surface area contributed by atoms with Crippen LogP contribution in [-0.4, -0.2) is 43.5 Å². The maximum atomic E-state index is 18.0. The molecule has 0 bridgehead atoms. The van der Waals surface area contributed by atoms with E-state index in [9.17, 15) is 0 Å². The summed E-state index contributed by atoms with van der Waals surface area (Å²) in [5, 5.41) is 7.56. The largest absolute Gasteiger partial charge is 0.316 e. The van der Waals surface area contributed by atoms with E-state index in [4.69, 9.17) is 0 Å². The maximum Gasteiger partial charge on any atom is 0.193 e. The van der Waals surface area contributed by atoms with Crippen molar-refractivity contribution in [2.24, 2.45) is 46.3 Å². The minimum Gasteiger partial charge on any atom is -0.316 e. The molecule has 0 spiro atoms. The van der Waals surface area contributed by atoms with Crippen LogP contribution in [0.4, 0.5) is 0 Å². The molecule has 2 aliphatic heterocycles.